The number of rotatable bonds is 8. The Labute approximate surface area is 157 Å². The Morgan fingerprint density at radius 1 is 1.26 bits per heavy atom. The predicted octanol–water partition coefficient (Wildman–Crippen LogP) is 1.77. The molecule has 10 heteroatoms. The third-order valence-electron chi connectivity index (χ3n) is 3.73. The van der Waals surface area contributed by atoms with Gasteiger partial charge in [0, 0.05) is 19.3 Å². The van der Waals surface area contributed by atoms with Gasteiger partial charge in [-0.3, -0.25) is 4.79 Å². The van der Waals surface area contributed by atoms with Gasteiger partial charge in [-0.1, -0.05) is 0 Å². The zero-order valence-electron chi connectivity index (χ0n) is 15.8. The molecule has 0 aliphatic heterocycles. The van der Waals surface area contributed by atoms with E-state index in [4.69, 9.17) is 9.47 Å². The average Bonchev–Trinajstić information content (AvgIpc) is 3.11. The SMILES string of the molecule is CCn1cnnc1C(C)NC(=O)Nc1ccc(OC)c(NC(=O)COC)c1. The van der Waals surface area contributed by atoms with Crippen molar-refractivity contribution in [3.8, 4) is 5.75 Å². The standard InChI is InChI=1S/C17H24N6O4/c1-5-23-10-18-22-16(23)11(2)19-17(25)20-12-6-7-14(27-4)13(8-12)21-15(24)9-26-3/h6-8,10-11H,5,9H2,1-4H3,(H,21,24)(H2,19,20,25). The molecule has 0 bridgehead atoms. The van der Waals surface area contributed by atoms with Crippen LogP contribution >= 0.6 is 0 Å². The lowest BCUT2D eigenvalue weighted by Crippen LogP contribution is -2.32. The fourth-order valence-electron chi connectivity index (χ4n) is 2.47. The molecule has 1 aromatic carbocycles. The lowest BCUT2D eigenvalue weighted by molar-refractivity contribution is -0.119. The Kier molecular flexibility index (Phi) is 7.12. The van der Waals surface area contributed by atoms with Crippen molar-refractivity contribution in [2.75, 3.05) is 31.5 Å². The van der Waals surface area contributed by atoms with Gasteiger partial charge in [0.15, 0.2) is 5.82 Å². The monoisotopic (exact) mass is 376 g/mol. The molecule has 2 aromatic rings. The number of benzene rings is 1. The number of nitrogens with zero attached hydrogens (tertiary/aromatic N) is 3. The summed E-state index contributed by atoms with van der Waals surface area (Å²) in [5.74, 6) is 0.801. The van der Waals surface area contributed by atoms with E-state index in [9.17, 15) is 9.59 Å². The molecule has 0 aliphatic carbocycles. The third-order valence-corrected chi connectivity index (χ3v) is 3.73. The number of aryl methyl sites for hydroxylation is 1. The smallest absolute Gasteiger partial charge is 0.319 e. The van der Waals surface area contributed by atoms with Crippen molar-refractivity contribution in [2.45, 2.75) is 26.4 Å². The number of carbonyl (C=O) groups excluding carboxylic acids is 2. The highest BCUT2D eigenvalue weighted by atomic mass is 16.5. The van der Waals surface area contributed by atoms with Crippen molar-refractivity contribution in [3.63, 3.8) is 0 Å². The summed E-state index contributed by atoms with van der Waals surface area (Å²) >= 11 is 0. The van der Waals surface area contributed by atoms with Gasteiger partial charge in [0.2, 0.25) is 5.91 Å². The fourth-order valence-corrected chi connectivity index (χ4v) is 2.47. The first-order chi connectivity index (χ1) is 13.0. The number of urea groups is 1. The van der Waals surface area contributed by atoms with Crippen molar-refractivity contribution < 1.29 is 19.1 Å². The van der Waals surface area contributed by atoms with Gasteiger partial charge in [-0.15, -0.1) is 10.2 Å². The zero-order valence-corrected chi connectivity index (χ0v) is 15.8. The molecular weight excluding hydrogens is 352 g/mol. The Balaban J connectivity index is 2.05. The molecule has 0 spiro atoms. The van der Waals surface area contributed by atoms with Gasteiger partial charge in [0.05, 0.1) is 18.8 Å². The molecule has 1 unspecified atom stereocenters. The van der Waals surface area contributed by atoms with Gasteiger partial charge in [-0.25, -0.2) is 4.79 Å². The van der Waals surface area contributed by atoms with E-state index in [0.717, 1.165) is 0 Å². The molecule has 10 nitrogen and oxygen atoms in total. The number of nitrogens with one attached hydrogen (secondary N) is 3. The molecule has 146 valence electrons. The van der Waals surface area contributed by atoms with Crippen LogP contribution in [0.4, 0.5) is 16.2 Å². The van der Waals surface area contributed by atoms with Crippen molar-refractivity contribution in [1.29, 1.82) is 0 Å². The van der Waals surface area contributed by atoms with Gasteiger partial charge in [0.25, 0.3) is 0 Å². The van der Waals surface area contributed by atoms with Crippen molar-refractivity contribution in [1.82, 2.24) is 20.1 Å². The number of anilines is 2. The Morgan fingerprint density at radius 2 is 2.04 bits per heavy atom. The van der Waals surface area contributed by atoms with Crippen LogP contribution in [-0.4, -0.2) is 47.5 Å². The molecule has 0 saturated carbocycles. The van der Waals surface area contributed by atoms with Crippen LogP contribution in [0.1, 0.15) is 25.7 Å². The van der Waals surface area contributed by atoms with E-state index >= 15 is 0 Å². The van der Waals surface area contributed by atoms with Crippen LogP contribution in [0.5, 0.6) is 5.75 Å². The number of methoxy groups -OCH3 is 2. The number of aromatic nitrogens is 3. The first-order valence-corrected chi connectivity index (χ1v) is 8.40. The minimum atomic E-state index is -0.410. The second kappa shape index (κ2) is 9.53. The molecule has 0 aliphatic rings. The summed E-state index contributed by atoms with van der Waals surface area (Å²) in [6.45, 7) is 4.41. The topological polar surface area (TPSA) is 119 Å². The van der Waals surface area contributed by atoms with Crippen molar-refractivity contribution in [3.05, 3.63) is 30.4 Å². The molecule has 27 heavy (non-hydrogen) atoms. The minimum absolute atomic E-state index is 0.0864. The van der Waals surface area contributed by atoms with Gasteiger partial charge in [-0.2, -0.15) is 0 Å². The summed E-state index contributed by atoms with van der Waals surface area (Å²) in [6, 6.07) is 4.18. The van der Waals surface area contributed by atoms with Crippen LogP contribution in [0.3, 0.4) is 0 Å². The second-order valence-electron chi connectivity index (χ2n) is 5.69. The highest BCUT2D eigenvalue weighted by molar-refractivity contribution is 5.95. The molecule has 2 rings (SSSR count). The maximum absolute atomic E-state index is 12.3. The van der Waals surface area contributed by atoms with Gasteiger partial charge >= 0.3 is 6.03 Å². The normalized spacial score (nSPS) is 11.6. The van der Waals surface area contributed by atoms with Crippen molar-refractivity contribution >= 4 is 23.3 Å². The Bertz CT molecular complexity index is 791. The average molecular weight is 376 g/mol. The van der Waals surface area contributed by atoms with E-state index in [2.05, 4.69) is 26.1 Å². The summed E-state index contributed by atoms with van der Waals surface area (Å²) in [5, 5.41) is 16.1. The summed E-state index contributed by atoms with van der Waals surface area (Å²) in [7, 11) is 2.92. The zero-order chi connectivity index (χ0) is 19.8. The number of amides is 3. The summed E-state index contributed by atoms with van der Waals surface area (Å²) < 4.78 is 11.9. The molecule has 0 saturated heterocycles. The largest absolute Gasteiger partial charge is 0.495 e. The van der Waals surface area contributed by atoms with E-state index in [1.54, 1.807) is 24.5 Å². The summed E-state index contributed by atoms with van der Waals surface area (Å²) in [4.78, 5) is 24.0. The van der Waals surface area contributed by atoms with Gasteiger partial charge in [0.1, 0.15) is 18.7 Å². The molecule has 0 fully saturated rings. The van der Waals surface area contributed by atoms with E-state index in [-0.39, 0.29) is 18.6 Å². The Hall–Kier alpha value is -3.14. The lowest BCUT2D eigenvalue weighted by atomic mass is 10.2. The van der Waals surface area contributed by atoms with Crippen LogP contribution in [0, 0.1) is 0 Å². The number of hydrogen-bond acceptors (Lipinski definition) is 6. The highest BCUT2D eigenvalue weighted by Crippen LogP contribution is 2.27. The van der Waals surface area contributed by atoms with Crippen LogP contribution in [-0.2, 0) is 16.1 Å². The Morgan fingerprint density at radius 3 is 2.70 bits per heavy atom. The summed E-state index contributed by atoms with van der Waals surface area (Å²) in [5.41, 5.74) is 0.918. The van der Waals surface area contributed by atoms with E-state index in [0.29, 0.717) is 29.5 Å². The molecule has 0 radical (unpaired) electrons. The van der Waals surface area contributed by atoms with E-state index in [1.807, 2.05) is 18.4 Å². The van der Waals surface area contributed by atoms with Crippen LogP contribution in [0.25, 0.3) is 0 Å². The highest BCUT2D eigenvalue weighted by Gasteiger charge is 2.16. The fraction of sp³-hybridized carbons (Fsp3) is 0.412. The van der Waals surface area contributed by atoms with Crippen LogP contribution in [0.15, 0.2) is 24.5 Å². The predicted molar refractivity (Wildman–Crippen MR) is 99.8 cm³/mol. The molecule has 1 aromatic heterocycles. The minimum Gasteiger partial charge on any atom is -0.495 e. The molecule has 3 N–H and O–H groups in total. The maximum atomic E-state index is 12.3. The maximum Gasteiger partial charge on any atom is 0.319 e. The first-order valence-electron chi connectivity index (χ1n) is 8.40. The first kappa shape index (κ1) is 20.2. The number of hydrogen-bond donors (Lipinski definition) is 3. The molecule has 1 atom stereocenters. The van der Waals surface area contributed by atoms with Crippen LogP contribution in [0.2, 0.25) is 0 Å². The second-order valence-corrected chi connectivity index (χ2v) is 5.69. The van der Waals surface area contributed by atoms with E-state index < -0.39 is 6.03 Å². The third kappa shape index (κ3) is 5.42. The van der Waals surface area contributed by atoms with Crippen molar-refractivity contribution in [2.24, 2.45) is 0 Å². The number of carbonyl (C=O) groups is 2. The van der Waals surface area contributed by atoms with E-state index in [1.165, 1.54) is 14.2 Å². The van der Waals surface area contributed by atoms with Crippen LogP contribution < -0.4 is 20.7 Å². The summed E-state index contributed by atoms with van der Waals surface area (Å²) in [6.07, 6.45) is 1.61. The number of ether oxygens (including phenoxy) is 2. The van der Waals surface area contributed by atoms with Gasteiger partial charge in [-0.05, 0) is 32.0 Å². The quantitative estimate of drug-likeness (QED) is 0.646. The lowest BCUT2D eigenvalue weighted by Gasteiger charge is -2.16. The van der Waals surface area contributed by atoms with Gasteiger partial charge < -0.3 is 30.0 Å². The molecule has 3 amide bonds. The molecular formula is C17H24N6O4. The molecule has 1 heterocycles.